The molecular formula is C16H8Cl6O4. The Kier molecular flexibility index (Phi) is 7.31. The predicted molar refractivity (Wildman–Crippen MR) is 103 cm³/mol. The molecule has 0 aliphatic heterocycles. The van der Waals surface area contributed by atoms with Gasteiger partial charge in [0, 0.05) is 10.0 Å². The van der Waals surface area contributed by atoms with Crippen molar-refractivity contribution in [1.29, 1.82) is 0 Å². The molecule has 2 aromatic rings. The van der Waals surface area contributed by atoms with Gasteiger partial charge >= 0.3 is 11.9 Å². The Hall–Kier alpha value is -0.880. The van der Waals surface area contributed by atoms with Crippen molar-refractivity contribution in [2.75, 3.05) is 0 Å². The maximum Gasteiger partial charge on any atom is 0.325 e. The van der Waals surface area contributed by atoms with Crippen molar-refractivity contribution in [3.63, 3.8) is 0 Å². The predicted octanol–water partition coefficient (Wildman–Crippen LogP) is 6.75. The van der Waals surface area contributed by atoms with Crippen LogP contribution in [0.15, 0.2) is 24.3 Å². The molecule has 0 aromatic heterocycles. The van der Waals surface area contributed by atoms with Gasteiger partial charge in [0.15, 0.2) is 17.4 Å². The van der Waals surface area contributed by atoms with Gasteiger partial charge in [-0.1, -0.05) is 69.6 Å². The largest absolute Gasteiger partial charge is 0.423 e. The summed E-state index contributed by atoms with van der Waals surface area (Å²) in [5.41, 5.74) is 0. The second-order valence-corrected chi connectivity index (χ2v) is 7.46. The lowest BCUT2D eigenvalue weighted by Crippen LogP contribution is -2.29. The Morgan fingerprint density at radius 3 is 1.23 bits per heavy atom. The monoisotopic (exact) mass is 474 g/mol. The van der Waals surface area contributed by atoms with Crippen LogP contribution in [-0.2, 0) is 9.59 Å². The SMILES string of the molecule is CC(C(=O)Oc1c(Cl)cc(Cl)cc1Cl)C(=O)Oc1c(Cl)cc(Cl)cc1Cl. The fraction of sp³-hybridized carbons (Fsp3) is 0.125. The van der Waals surface area contributed by atoms with E-state index in [1.165, 1.54) is 31.2 Å². The molecule has 0 saturated heterocycles. The average molecular weight is 477 g/mol. The standard InChI is InChI=1S/C16H8Cl6O4/c1-6(15(23)25-13-9(19)2-7(17)3-10(13)20)16(24)26-14-11(21)4-8(18)5-12(14)22/h2-6H,1H3. The second-order valence-electron chi connectivity index (χ2n) is 4.96. The van der Waals surface area contributed by atoms with Gasteiger partial charge in [0.2, 0.25) is 0 Å². The summed E-state index contributed by atoms with van der Waals surface area (Å²) in [7, 11) is 0. The zero-order valence-corrected chi connectivity index (χ0v) is 17.3. The first kappa shape index (κ1) is 21.4. The van der Waals surface area contributed by atoms with Gasteiger partial charge in [-0.25, -0.2) is 0 Å². The highest BCUT2D eigenvalue weighted by Crippen LogP contribution is 2.37. The minimum absolute atomic E-state index is 0.0141. The van der Waals surface area contributed by atoms with Gasteiger partial charge in [-0.05, 0) is 31.2 Å². The Morgan fingerprint density at radius 1 is 0.692 bits per heavy atom. The third-order valence-corrected chi connectivity index (χ3v) is 4.60. The van der Waals surface area contributed by atoms with E-state index >= 15 is 0 Å². The molecule has 0 unspecified atom stereocenters. The molecule has 138 valence electrons. The van der Waals surface area contributed by atoms with Crippen molar-refractivity contribution in [3.05, 3.63) is 54.4 Å². The van der Waals surface area contributed by atoms with Crippen LogP contribution >= 0.6 is 69.6 Å². The van der Waals surface area contributed by atoms with E-state index in [9.17, 15) is 9.59 Å². The molecule has 0 heterocycles. The number of hydrogen-bond acceptors (Lipinski definition) is 4. The van der Waals surface area contributed by atoms with Crippen LogP contribution in [0, 0.1) is 5.92 Å². The highest BCUT2D eigenvalue weighted by molar-refractivity contribution is 6.41. The van der Waals surface area contributed by atoms with E-state index < -0.39 is 17.9 Å². The lowest BCUT2D eigenvalue weighted by molar-refractivity contribution is -0.150. The first-order chi connectivity index (χ1) is 12.1. The maximum absolute atomic E-state index is 12.2. The smallest absolute Gasteiger partial charge is 0.325 e. The number of ether oxygens (including phenoxy) is 2. The van der Waals surface area contributed by atoms with E-state index in [0.29, 0.717) is 0 Å². The number of rotatable bonds is 4. The van der Waals surface area contributed by atoms with Crippen LogP contribution in [0.1, 0.15) is 6.92 Å². The summed E-state index contributed by atoms with van der Waals surface area (Å²) in [6.45, 7) is 1.28. The van der Waals surface area contributed by atoms with Crippen molar-refractivity contribution in [2.24, 2.45) is 5.92 Å². The Balaban J connectivity index is 2.15. The highest BCUT2D eigenvalue weighted by atomic mass is 35.5. The van der Waals surface area contributed by atoms with Gasteiger partial charge in [0.25, 0.3) is 0 Å². The molecule has 0 spiro atoms. The van der Waals surface area contributed by atoms with E-state index in [0.717, 1.165) is 0 Å². The lowest BCUT2D eigenvalue weighted by Gasteiger charge is -2.14. The molecule has 4 nitrogen and oxygen atoms in total. The van der Waals surface area contributed by atoms with Gasteiger partial charge in [-0.3, -0.25) is 9.59 Å². The van der Waals surface area contributed by atoms with Crippen LogP contribution in [0.5, 0.6) is 11.5 Å². The molecule has 2 aromatic carbocycles. The molecule has 0 atom stereocenters. The van der Waals surface area contributed by atoms with E-state index in [1.807, 2.05) is 0 Å². The minimum Gasteiger partial charge on any atom is -0.423 e. The normalized spacial score (nSPS) is 10.8. The summed E-state index contributed by atoms with van der Waals surface area (Å²) in [4.78, 5) is 24.4. The van der Waals surface area contributed by atoms with Crippen LogP contribution in [0.2, 0.25) is 30.1 Å². The summed E-state index contributed by atoms with van der Waals surface area (Å²) in [6.07, 6.45) is 0. The summed E-state index contributed by atoms with van der Waals surface area (Å²) < 4.78 is 10.2. The van der Waals surface area contributed by atoms with Crippen LogP contribution in [0.25, 0.3) is 0 Å². The van der Waals surface area contributed by atoms with Crippen molar-refractivity contribution >= 4 is 81.5 Å². The first-order valence-electron chi connectivity index (χ1n) is 6.82. The van der Waals surface area contributed by atoms with E-state index in [-0.39, 0.29) is 41.6 Å². The number of esters is 2. The molecular weight excluding hydrogens is 469 g/mol. The van der Waals surface area contributed by atoms with E-state index in [4.69, 9.17) is 79.1 Å². The lowest BCUT2D eigenvalue weighted by atomic mass is 10.2. The van der Waals surface area contributed by atoms with E-state index in [1.54, 1.807) is 0 Å². The molecule has 0 amide bonds. The van der Waals surface area contributed by atoms with Gasteiger partial charge in [0.05, 0.1) is 20.1 Å². The number of benzene rings is 2. The number of halogens is 6. The fourth-order valence-corrected chi connectivity index (χ4v) is 3.52. The minimum atomic E-state index is -1.32. The summed E-state index contributed by atoms with van der Waals surface area (Å²) in [5, 5.41) is 0.583. The summed E-state index contributed by atoms with van der Waals surface area (Å²) >= 11 is 35.3. The maximum atomic E-state index is 12.2. The van der Waals surface area contributed by atoms with Crippen molar-refractivity contribution in [3.8, 4) is 11.5 Å². The van der Waals surface area contributed by atoms with Crippen LogP contribution in [0.3, 0.4) is 0 Å². The molecule has 26 heavy (non-hydrogen) atoms. The highest BCUT2D eigenvalue weighted by Gasteiger charge is 2.28. The Bertz CT molecular complexity index is 766. The van der Waals surface area contributed by atoms with Crippen molar-refractivity contribution in [1.82, 2.24) is 0 Å². The number of hydrogen-bond donors (Lipinski definition) is 0. The summed E-state index contributed by atoms with van der Waals surface area (Å²) in [6, 6.07) is 5.36. The van der Waals surface area contributed by atoms with Crippen LogP contribution < -0.4 is 9.47 Å². The van der Waals surface area contributed by atoms with Crippen LogP contribution in [-0.4, -0.2) is 11.9 Å². The van der Waals surface area contributed by atoms with E-state index in [2.05, 4.69) is 0 Å². The fourth-order valence-electron chi connectivity index (χ4n) is 1.73. The molecule has 2 rings (SSSR count). The van der Waals surface area contributed by atoms with Gasteiger partial charge < -0.3 is 9.47 Å². The third kappa shape index (κ3) is 5.10. The molecule has 0 aliphatic carbocycles. The number of carbonyl (C=O) groups is 2. The summed E-state index contributed by atoms with van der Waals surface area (Å²) in [5.74, 6) is -3.44. The zero-order chi connectivity index (χ0) is 19.6. The Morgan fingerprint density at radius 2 is 0.962 bits per heavy atom. The first-order valence-corrected chi connectivity index (χ1v) is 9.09. The zero-order valence-electron chi connectivity index (χ0n) is 12.8. The van der Waals surface area contributed by atoms with Gasteiger partial charge in [0.1, 0.15) is 0 Å². The second kappa shape index (κ2) is 8.87. The third-order valence-electron chi connectivity index (χ3n) is 3.04. The van der Waals surface area contributed by atoms with Gasteiger partial charge in [-0.15, -0.1) is 0 Å². The number of carbonyl (C=O) groups excluding carboxylic acids is 2. The topological polar surface area (TPSA) is 52.6 Å². The Labute approximate surface area is 178 Å². The molecule has 0 radical (unpaired) electrons. The molecule has 0 saturated carbocycles. The van der Waals surface area contributed by atoms with Gasteiger partial charge in [-0.2, -0.15) is 0 Å². The molecule has 10 heteroatoms. The molecule has 0 bridgehead atoms. The molecule has 0 N–H and O–H groups in total. The van der Waals surface area contributed by atoms with Crippen molar-refractivity contribution in [2.45, 2.75) is 6.92 Å². The average Bonchev–Trinajstić information content (AvgIpc) is 2.53. The van der Waals surface area contributed by atoms with Crippen LogP contribution in [0.4, 0.5) is 0 Å². The molecule has 0 aliphatic rings. The quantitative estimate of drug-likeness (QED) is 0.278. The van der Waals surface area contributed by atoms with Crippen molar-refractivity contribution < 1.29 is 19.1 Å². The molecule has 0 fully saturated rings.